The molecule has 1 atom stereocenters. The molecule has 16 heavy (non-hydrogen) atoms. The van der Waals surface area contributed by atoms with E-state index in [0.29, 0.717) is 20.7 Å². The van der Waals surface area contributed by atoms with Gasteiger partial charge < -0.3 is 16.4 Å². The highest BCUT2D eigenvalue weighted by molar-refractivity contribution is 7.80. The SMILES string of the molecule is NC1=N[C@H](c2c(Cl)cccc2Cl)NC(=S)N1. The third-order valence-electron chi connectivity index (χ3n) is 2.05. The molecule has 7 heteroatoms. The Morgan fingerprint density at radius 1 is 1.31 bits per heavy atom. The molecule has 0 aromatic heterocycles. The van der Waals surface area contributed by atoms with Gasteiger partial charge in [0.25, 0.3) is 0 Å². The minimum Gasteiger partial charge on any atom is -0.370 e. The lowest BCUT2D eigenvalue weighted by molar-refractivity contribution is 0.660. The van der Waals surface area contributed by atoms with Gasteiger partial charge in [0.15, 0.2) is 17.2 Å². The molecule has 0 amide bonds. The third-order valence-corrected chi connectivity index (χ3v) is 2.93. The molecule has 0 fully saturated rings. The summed E-state index contributed by atoms with van der Waals surface area (Å²) in [5, 5.41) is 7.04. The molecule has 4 nitrogen and oxygen atoms in total. The van der Waals surface area contributed by atoms with Crippen molar-refractivity contribution < 1.29 is 0 Å². The number of nitrogens with zero attached hydrogens (tertiary/aromatic N) is 1. The maximum atomic E-state index is 6.06. The molecule has 0 bridgehead atoms. The number of nitrogens with one attached hydrogen (secondary N) is 2. The Balaban J connectivity index is 2.44. The van der Waals surface area contributed by atoms with E-state index >= 15 is 0 Å². The highest BCUT2D eigenvalue weighted by Crippen LogP contribution is 2.31. The molecule has 0 aliphatic carbocycles. The predicted molar refractivity (Wildman–Crippen MR) is 69.7 cm³/mol. The first-order chi connectivity index (χ1) is 7.58. The Morgan fingerprint density at radius 3 is 2.50 bits per heavy atom. The zero-order chi connectivity index (χ0) is 11.7. The van der Waals surface area contributed by atoms with Gasteiger partial charge in [-0.25, -0.2) is 4.99 Å². The number of halogens is 2. The van der Waals surface area contributed by atoms with E-state index in [1.54, 1.807) is 18.2 Å². The molecule has 0 spiro atoms. The second kappa shape index (κ2) is 4.45. The van der Waals surface area contributed by atoms with Crippen molar-refractivity contribution in [2.24, 2.45) is 10.7 Å². The topological polar surface area (TPSA) is 62.4 Å². The van der Waals surface area contributed by atoms with E-state index in [-0.39, 0.29) is 5.96 Å². The van der Waals surface area contributed by atoms with Crippen LogP contribution in [0.3, 0.4) is 0 Å². The monoisotopic (exact) mass is 274 g/mol. The van der Waals surface area contributed by atoms with Crippen molar-refractivity contribution >= 4 is 46.5 Å². The van der Waals surface area contributed by atoms with E-state index in [2.05, 4.69) is 15.6 Å². The number of rotatable bonds is 1. The second-order valence-electron chi connectivity index (χ2n) is 3.15. The van der Waals surface area contributed by atoms with Gasteiger partial charge in [0.2, 0.25) is 0 Å². The zero-order valence-corrected chi connectivity index (χ0v) is 10.3. The summed E-state index contributed by atoms with van der Waals surface area (Å²) in [4.78, 5) is 4.14. The third kappa shape index (κ3) is 2.21. The molecule has 1 aliphatic rings. The number of hydrogen-bond acceptors (Lipinski definition) is 3. The first-order valence-electron chi connectivity index (χ1n) is 4.42. The van der Waals surface area contributed by atoms with Crippen LogP contribution >= 0.6 is 35.4 Å². The summed E-state index contributed by atoms with van der Waals surface area (Å²) >= 11 is 17.1. The molecule has 1 heterocycles. The van der Waals surface area contributed by atoms with Crippen LogP contribution in [0.1, 0.15) is 11.7 Å². The first kappa shape index (κ1) is 11.4. The fourth-order valence-corrected chi connectivity index (χ4v) is 2.21. The van der Waals surface area contributed by atoms with Crippen LogP contribution in [0, 0.1) is 0 Å². The molecule has 0 unspecified atom stereocenters. The van der Waals surface area contributed by atoms with Gasteiger partial charge in [-0.1, -0.05) is 29.3 Å². The highest BCUT2D eigenvalue weighted by Gasteiger charge is 2.21. The Kier molecular flexibility index (Phi) is 3.18. The van der Waals surface area contributed by atoms with E-state index in [4.69, 9.17) is 41.2 Å². The van der Waals surface area contributed by atoms with Gasteiger partial charge in [0.1, 0.15) is 0 Å². The normalized spacial score (nSPS) is 19.8. The van der Waals surface area contributed by atoms with Crippen LogP contribution in [-0.2, 0) is 0 Å². The molecule has 1 aliphatic heterocycles. The molecule has 2 rings (SSSR count). The van der Waals surface area contributed by atoms with Crippen LogP contribution in [0.5, 0.6) is 0 Å². The van der Waals surface area contributed by atoms with Crippen LogP contribution < -0.4 is 16.4 Å². The van der Waals surface area contributed by atoms with Gasteiger partial charge in [0.05, 0.1) is 0 Å². The van der Waals surface area contributed by atoms with Gasteiger partial charge in [-0.2, -0.15) is 0 Å². The minimum absolute atomic E-state index is 0.240. The number of aliphatic imine (C=N–C) groups is 1. The lowest BCUT2D eigenvalue weighted by Crippen LogP contribution is -2.49. The maximum absolute atomic E-state index is 6.06. The quantitative estimate of drug-likeness (QED) is 0.684. The second-order valence-corrected chi connectivity index (χ2v) is 4.37. The number of guanidine groups is 1. The first-order valence-corrected chi connectivity index (χ1v) is 5.59. The average Bonchev–Trinajstić information content (AvgIpc) is 2.15. The predicted octanol–water partition coefficient (Wildman–Crippen LogP) is 1.78. The van der Waals surface area contributed by atoms with Gasteiger partial charge >= 0.3 is 0 Å². The number of hydrogen-bond donors (Lipinski definition) is 3. The molecular formula is C9H8Cl2N4S. The lowest BCUT2D eigenvalue weighted by Gasteiger charge is -2.24. The van der Waals surface area contributed by atoms with E-state index in [9.17, 15) is 0 Å². The zero-order valence-electron chi connectivity index (χ0n) is 8.00. The summed E-state index contributed by atoms with van der Waals surface area (Å²) in [5.74, 6) is 0.240. The molecule has 4 N–H and O–H groups in total. The fraction of sp³-hybridized carbons (Fsp3) is 0.111. The van der Waals surface area contributed by atoms with Crippen molar-refractivity contribution in [1.82, 2.24) is 10.6 Å². The summed E-state index contributed by atoms with van der Waals surface area (Å²) < 4.78 is 0. The van der Waals surface area contributed by atoms with E-state index in [1.165, 1.54) is 0 Å². The van der Waals surface area contributed by atoms with Crippen molar-refractivity contribution in [2.75, 3.05) is 0 Å². The molecule has 84 valence electrons. The Hall–Kier alpha value is -1.04. The summed E-state index contributed by atoms with van der Waals surface area (Å²) in [5.41, 5.74) is 6.24. The van der Waals surface area contributed by atoms with Gasteiger partial charge in [0, 0.05) is 15.6 Å². The van der Waals surface area contributed by atoms with Crippen LogP contribution in [-0.4, -0.2) is 11.1 Å². The van der Waals surface area contributed by atoms with Gasteiger partial charge in [-0.15, -0.1) is 0 Å². The Morgan fingerprint density at radius 2 is 1.94 bits per heavy atom. The number of nitrogens with two attached hydrogens (primary N) is 1. The summed E-state index contributed by atoms with van der Waals surface area (Å²) in [6.45, 7) is 0. The molecule has 0 radical (unpaired) electrons. The standard InChI is InChI=1S/C9H8Cl2N4S/c10-4-2-1-3-5(11)6(4)7-13-8(12)15-9(16)14-7/h1-3,7H,(H4,12,13,14,15,16)/t7-/m0/s1. The summed E-state index contributed by atoms with van der Waals surface area (Å²) in [6, 6.07) is 5.24. The average molecular weight is 275 g/mol. The van der Waals surface area contributed by atoms with Crippen LogP contribution in [0.4, 0.5) is 0 Å². The Bertz CT molecular complexity index is 454. The fourth-order valence-electron chi connectivity index (χ4n) is 1.39. The maximum Gasteiger partial charge on any atom is 0.197 e. The van der Waals surface area contributed by atoms with Gasteiger partial charge in [-0.3, -0.25) is 0 Å². The number of thiocarbonyl (C=S) groups is 1. The molecule has 1 aromatic rings. The summed E-state index contributed by atoms with van der Waals surface area (Å²) in [7, 11) is 0. The van der Waals surface area contributed by atoms with Crippen molar-refractivity contribution in [3.05, 3.63) is 33.8 Å². The number of benzene rings is 1. The van der Waals surface area contributed by atoms with Crippen LogP contribution in [0.25, 0.3) is 0 Å². The van der Waals surface area contributed by atoms with E-state index < -0.39 is 6.17 Å². The molecule has 0 saturated heterocycles. The molecule has 0 saturated carbocycles. The van der Waals surface area contributed by atoms with Crippen molar-refractivity contribution in [2.45, 2.75) is 6.17 Å². The highest BCUT2D eigenvalue weighted by atomic mass is 35.5. The minimum atomic E-state index is -0.449. The molecular weight excluding hydrogens is 267 g/mol. The van der Waals surface area contributed by atoms with Crippen LogP contribution in [0.2, 0.25) is 10.0 Å². The van der Waals surface area contributed by atoms with Gasteiger partial charge in [-0.05, 0) is 24.4 Å². The van der Waals surface area contributed by atoms with Crippen LogP contribution in [0.15, 0.2) is 23.2 Å². The van der Waals surface area contributed by atoms with E-state index in [1.807, 2.05) is 0 Å². The van der Waals surface area contributed by atoms with Crippen molar-refractivity contribution in [1.29, 1.82) is 0 Å². The van der Waals surface area contributed by atoms with Crippen molar-refractivity contribution in [3.8, 4) is 0 Å². The summed E-state index contributed by atoms with van der Waals surface area (Å²) in [6.07, 6.45) is -0.449. The smallest absolute Gasteiger partial charge is 0.197 e. The van der Waals surface area contributed by atoms with E-state index in [0.717, 1.165) is 0 Å². The Labute approximate surface area is 108 Å². The lowest BCUT2D eigenvalue weighted by atomic mass is 10.1. The largest absolute Gasteiger partial charge is 0.370 e. The van der Waals surface area contributed by atoms with Crippen molar-refractivity contribution in [3.63, 3.8) is 0 Å². The molecule has 1 aromatic carbocycles.